The summed E-state index contributed by atoms with van der Waals surface area (Å²) in [6.45, 7) is 3.38. The van der Waals surface area contributed by atoms with Crippen molar-refractivity contribution in [2.45, 2.75) is 18.9 Å². The van der Waals surface area contributed by atoms with Crippen LogP contribution in [0.3, 0.4) is 0 Å². The number of carbonyl (C=O) groups is 1. The lowest BCUT2D eigenvalue weighted by Crippen LogP contribution is -2.57. The summed E-state index contributed by atoms with van der Waals surface area (Å²) in [7, 11) is 1.96. The van der Waals surface area contributed by atoms with E-state index in [2.05, 4.69) is 38.3 Å². The lowest BCUT2D eigenvalue weighted by Gasteiger charge is -2.44. The van der Waals surface area contributed by atoms with Crippen molar-refractivity contribution in [3.63, 3.8) is 0 Å². The van der Waals surface area contributed by atoms with Crippen molar-refractivity contribution in [2.24, 2.45) is 13.0 Å². The highest BCUT2D eigenvalue weighted by Crippen LogP contribution is 2.28. The maximum Gasteiger partial charge on any atom is 0.268 e. The number of rotatable bonds is 3. The largest absolute Gasteiger partial charge is 0.346 e. The van der Waals surface area contributed by atoms with Gasteiger partial charge in [-0.1, -0.05) is 28.1 Å². The molecule has 0 spiro atoms. The molecule has 3 fully saturated rings. The number of hydrogen-bond acceptors (Lipinski definition) is 2. The number of nitrogens with one attached hydrogen (secondary N) is 1. The van der Waals surface area contributed by atoms with Crippen LogP contribution < -0.4 is 5.32 Å². The maximum absolute atomic E-state index is 12.8. The van der Waals surface area contributed by atoms with Crippen molar-refractivity contribution in [1.29, 1.82) is 0 Å². The van der Waals surface area contributed by atoms with Gasteiger partial charge in [-0.05, 0) is 61.7 Å². The molecule has 1 atom stereocenters. The van der Waals surface area contributed by atoms with Crippen molar-refractivity contribution in [2.75, 3.05) is 19.6 Å². The number of fused-ring (bicyclic) bond motifs is 3. The predicted molar refractivity (Wildman–Crippen MR) is 99.0 cm³/mol. The maximum atomic E-state index is 12.8. The topological polar surface area (TPSA) is 37.3 Å². The molecule has 3 saturated heterocycles. The van der Waals surface area contributed by atoms with Gasteiger partial charge in [-0.25, -0.2) is 0 Å². The summed E-state index contributed by atoms with van der Waals surface area (Å²) < 4.78 is 3.03. The van der Waals surface area contributed by atoms with E-state index in [1.165, 1.54) is 25.9 Å². The van der Waals surface area contributed by atoms with E-state index in [4.69, 9.17) is 0 Å². The Balaban J connectivity index is 1.53. The molecule has 3 aliphatic heterocycles. The van der Waals surface area contributed by atoms with Crippen LogP contribution in [0.2, 0.25) is 0 Å². The molecule has 0 aliphatic carbocycles. The SMILES string of the molecule is Cn1c(C(=O)N[C@H]2CN3CCC2CC3)ccc1-c1cccc(Br)c1. The Hall–Kier alpha value is -1.59. The van der Waals surface area contributed by atoms with Crippen LogP contribution in [0.4, 0.5) is 0 Å². The molecule has 1 aromatic carbocycles. The third-order valence-corrected chi connectivity index (χ3v) is 5.94. The van der Waals surface area contributed by atoms with Crippen LogP contribution in [0.15, 0.2) is 40.9 Å². The number of benzene rings is 1. The van der Waals surface area contributed by atoms with E-state index in [1.807, 2.05) is 35.9 Å². The summed E-state index contributed by atoms with van der Waals surface area (Å²) in [5.74, 6) is 0.682. The Bertz CT molecular complexity index is 762. The Labute approximate surface area is 151 Å². The second-order valence-corrected chi connectivity index (χ2v) is 7.81. The highest BCUT2D eigenvalue weighted by molar-refractivity contribution is 9.10. The predicted octanol–water partition coefficient (Wildman–Crippen LogP) is 3.28. The Morgan fingerprint density at radius 2 is 2.00 bits per heavy atom. The molecule has 0 radical (unpaired) electrons. The van der Waals surface area contributed by atoms with Crippen molar-refractivity contribution < 1.29 is 4.79 Å². The molecule has 4 nitrogen and oxygen atoms in total. The average molecular weight is 388 g/mol. The molecule has 5 rings (SSSR count). The summed E-state index contributed by atoms with van der Waals surface area (Å²) in [6, 6.07) is 12.4. The molecule has 1 amide bonds. The number of nitrogens with zero attached hydrogens (tertiary/aromatic N) is 2. The van der Waals surface area contributed by atoms with E-state index in [0.29, 0.717) is 12.0 Å². The first-order chi connectivity index (χ1) is 11.6. The second kappa shape index (κ2) is 6.37. The van der Waals surface area contributed by atoms with Crippen LogP contribution in [0.1, 0.15) is 23.3 Å². The van der Waals surface area contributed by atoms with Gasteiger partial charge in [0.15, 0.2) is 0 Å². The molecule has 24 heavy (non-hydrogen) atoms. The second-order valence-electron chi connectivity index (χ2n) is 6.89. The zero-order chi connectivity index (χ0) is 16.7. The van der Waals surface area contributed by atoms with Gasteiger partial charge in [0, 0.05) is 29.8 Å². The van der Waals surface area contributed by atoms with Crippen LogP contribution in [0.5, 0.6) is 0 Å². The summed E-state index contributed by atoms with van der Waals surface area (Å²) in [6.07, 6.45) is 2.42. The van der Waals surface area contributed by atoms with E-state index in [1.54, 1.807) is 0 Å². The fourth-order valence-corrected chi connectivity index (χ4v) is 4.45. The molecular formula is C19H22BrN3O. The Kier molecular flexibility index (Phi) is 4.22. The van der Waals surface area contributed by atoms with E-state index < -0.39 is 0 Å². The lowest BCUT2D eigenvalue weighted by atomic mass is 9.84. The smallest absolute Gasteiger partial charge is 0.268 e. The molecule has 4 heterocycles. The number of amides is 1. The summed E-state index contributed by atoms with van der Waals surface area (Å²) >= 11 is 3.51. The molecule has 3 aliphatic rings. The number of piperidine rings is 3. The molecular weight excluding hydrogens is 366 g/mol. The minimum atomic E-state index is 0.0393. The monoisotopic (exact) mass is 387 g/mol. The van der Waals surface area contributed by atoms with Crippen LogP contribution in [-0.2, 0) is 7.05 Å². The van der Waals surface area contributed by atoms with E-state index >= 15 is 0 Å². The molecule has 2 aromatic rings. The third-order valence-electron chi connectivity index (χ3n) is 5.45. The average Bonchev–Trinajstić information content (AvgIpc) is 2.97. The van der Waals surface area contributed by atoms with Gasteiger partial charge in [-0.2, -0.15) is 0 Å². The van der Waals surface area contributed by atoms with Crippen LogP contribution >= 0.6 is 15.9 Å². The van der Waals surface area contributed by atoms with Gasteiger partial charge in [-0.3, -0.25) is 4.79 Å². The fourth-order valence-electron chi connectivity index (χ4n) is 4.05. The van der Waals surface area contributed by atoms with Gasteiger partial charge in [0.2, 0.25) is 0 Å². The highest BCUT2D eigenvalue weighted by Gasteiger charge is 2.35. The number of aromatic nitrogens is 1. The van der Waals surface area contributed by atoms with E-state index in [0.717, 1.165) is 28.0 Å². The number of carbonyl (C=O) groups excluding carboxylic acids is 1. The highest BCUT2D eigenvalue weighted by atomic mass is 79.9. The minimum Gasteiger partial charge on any atom is -0.346 e. The summed E-state index contributed by atoms with van der Waals surface area (Å²) in [5.41, 5.74) is 2.88. The van der Waals surface area contributed by atoms with Crippen molar-refractivity contribution in [1.82, 2.24) is 14.8 Å². The van der Waals surface area contributed by atoms with Crippen LogP contribution in [-0.4, -0.2) is 41.1 Å². The van der Waals surface area contributed by atoms with Crippen molar-refractivity contribution in [3.05, 3.63) is 46.6 Å². The van der Waals surface area contributed by atoms with Gasteiger partial charge < -0.3 is 14.8 Å². The summed E-state index contributed by atoms with van der Waals surface area (Å²) in [4.78, 5) is 15.2. The molecule has 0 saturated carbocycles. The first kappa shape index (κ1) is 15.9. The van der Waals surface area contributed by atoms with Crippen LogP contribution in [0, 0.1) is 5.92 Å². The molecule has 5 heteroatoms. The first-order valence-corrected chi connectivity index (χ1v) is 9.36. The Morgan fingerprint density at radius 3 is 2.67 bits per heavy atom. The molecule has 1 aromatic heterocycles. The summed E-state index contributed by atoms with van der Waals surface area (Å²) in [5, 5.41) is 3.27. The van der Waals surface area contributed by atoms with E-state index in [9.17, 15) is 4.79 Å². The lowest BCUT2D eigenvalue weighted by molar-refractivity contribution is 0.0616. The Morgan fingerprint density at radius 1 is 1.21 bits per heavy atom. The van der Waals surface area contributed by atoms with Crippen LogP contribution in [0.25, 0.3) is 11.3 Å². The van der Waals surface area contributed by atoms with Crippen molar-refractivity contribution in [3.8, 4) is 11.3 Å². The molecule has 1 N–H and O–H groups in total. The van der Waals surface area contributed by atoms with Crippen molar-refractivity contribution >= 4 is 21.8 Å². The van der Waals surface area contributed by atoms with Gasteiger partial charge in [-0.15, -0.1) is 0 Å². The van der Waals surface area contributed by atoms with Gasteiger partial charge in [0.1, 0.15) is 5.69 Å². The van der Waals surface area contributed by atoms with Gasteiger partial charge in [0.25, 0.3) is 5.91 Å². The van der Waals surface area contributed by atoms with E-state index in [-0.39, 0.29) is 5.91 Å². The molecule has 126 valence electrons. The quantitative estimate of drug-likeness (QED) is 0.877. The first-order valence-electron chi connectivity index (χ1n) is 8.57. The zero-order valence-electron chi connectivity index (χ0n) is 13.8. The minimum absolute atomic E-state index is 0.0393. The van der Waals surface area contributed by atoms with Gasteiger partial charge >= 0.3 is 0 Å². The molecule has 0 unspecified atom stereocenters. The standard InChI is InChI=1S/C19H22BrN3O/c1-22-17(14-3-2-4-15(20)11-14)5-6-18(22)19(24)21-16-12-23-9-7-13(16)8-10-23/h2-6,11,13,16H,7-10,12H2,1H3,(H,21,24)/t16-/m0/s1. The van der Waals surface area contributed by atoms with Gasteiger partial charge in [0.05, 0.1) is 0 Å². The zero-order valence-corrected chi connectivity index (χ0v) is 15.4. The molecule has 2 bridgehead atoms. The normalized spacial score (nSPS) is 25.7. The third kappa shape index (κ3) is 2.91. The fraction of sp³-hybridized carbons (Fsp3) is 0.421. The number of hydrogen-bond donors (Lipinski definition) is 1. The number of halogens is 1.